The first kappa shape index (κ1) is 8.87. The van der Waals surface area contributed by atoms with Gasteiger partial charge in [-0.25, -0.2) is 0 Å². The minimum absolute atomic E-state index is 0.0718. The monoisotopic (exact) mass is 175 g/mol. The third-order valence-corrected chi connectivity index (χ3v) is 2.94. The van der Waals surface area contributed by atoms with E-state index in [0.29, 0.717) is 5.25 Å². The lowest BCUT2D eigenvalue weighted by Crippen LogP contribution is -2.31. The van der Waals surface area contributed by atoms with E-state index in [1.165, 1.54) is 7.11 Å². The predicted octanol–water partition coefficient (Wildman–Crippen LogP) is 0.253. The predicted molar refractivity (Wildman–Crippen MR) is 45.7 cm³/mol. The second-order valence-corrected chi connectivity index (χ2v) is 3.72. The Morgan fingerprint density at radius 1 is 1.73 bits per heavy atom. The summed E-state index contributed by atoms with van der Waals surface area (Å²) in [5.74, 6) is -0.137. The summed E-state index contributed by atoms with van der Waals surface area (Å²) >= 11 is 1.79. The van der Waals surface area contributed by atoms with Crippen LogP contribution in [0.2, 0.25) is 0 Å². The van der Waals surface area contributed by atoms with Crippen molar-refractivity contribution >= 4 is 17.7 Å². The number of methoxy groups -OCH3 is 1. The van der Waals surface area contributed by atoms with Crippen LogP contribution in [0.4, 0.5) is 0 Å². The van der Waals surface area contributed by atoms with Gasteiger partial charge in [0, 0.05) is 11.8 Å². The molecule has 1 rings (SSSR count). The van der Waals surface area contributed by atoms with Crippen molar-refractivity contribution in [2.75, 3.05) is 19.9 Å². The summed E-state index contributed by atoms with van der Waals surface area (Å²) in [6, 6.07) is -0.0718. The molecule has 0 aromatic carbocycles. The highest BCUT2D eigenvalue weighted by atomic mass is 32.2. The molecular weight excluding hydrogens is 162 g/mol. The van der Waals surface area contributed by atoms with Crippen LogP contribution < -0.4 is 5.32 Å². The standard InChI is InChI=1S/C7H13NO2S/c1-10-7(9)6-3-5(11-2)4-8-6/h5-6,8H,3-4H2,1-2H3/t5-,6+/m1/s1. The molecule has 1 fully saturated rings. The van der Waals surface area contributed by atoms with Crippen LogP contribution in [0.25, 0.3) is 0 Å². The van der Waals surface area contributed by atoms with Gasteiger partial charge in [-0.3, -0.25) is 4.79 Å². The van der Waals surface area contributed by atoms with Gasteiger partial charge in [0.05, 0.1) is 7.11 Å². The van der Waals surface area contributed by atoms with Crippen LogP contribution >= 0.6 is 11.8 Å². The van der Waals surface area contributed by atoms with E-state index in [2.05, 4.69) is 16.3 Å². The summed E-state index contributed by atoms with van der Waals surface area (Å²) in [6.45, 7) is 0.918. The Labute approximate surface area is 70.9 Å². The SMILES string of the molecule is COC(=O)[C@@H]1C[C@@H](SC)CN1. The van der Waals surface area contributed by atoms with Crippen molar-refractivity contribution in [3.8, 4) is 0 Å². The molecule has 11 heavy (non-hydrogen) atoms. The molecule has 0 bridgehead atoms. The van der Waals surface area contributed by atoms with E-state index in [1.807, 2.05) is 0 Å². The van der Waals surface area contributed by atoms with Gasteiger partial charge >= 0.3 is 5.97 Å². The van der Waals surface area contributed by atoms with Crippen LogP contribution in [0, 0.1) is 0 Å². The summed E-state index contributed by atoms with van der Waals surface area (Å²) < 4.78 is 4.62. The molecular formula is C7H13NO2S. The summed E-state index contributed by atoms with van der Waals surface area (Å²) in [4.78, 5) is 11.0. The average molecular weight is 175 g/mol. The van der Waals surface area contributed by atoms with E-state index < -0.39 is 0 Å². The largest absolute Gasteiger partial charge is 0.468 e. The Morgan fingerprint density at radius 2 is 2.45 bits per heavy atom. The third-order valence-electron chi connectivity index (χ3n) is 1.91. The number of thioether (sulfide) groups is 1. The minimum Gasteiger partial charge on any atom is -0.468 e. The Kier molecular flexibility index (Phi) is 3.20. The Morgan fingerprint density at radius 3 is 2.91 bits per heavy atom. The highest BCUT2D eigenvalue weighted by Crippen LogP contribution is 2.18. The lowest BCUT2D eigenvalue weighted by molar-refractivity contribution is -0.142. The summed E-state index contributed by atoms with van der Waals surface area (Å²) in [5.41, 5.74) is 0. The van der Waals surface area contributed by atoms with Gasteiger partial charge in [-0.1, -0.05) is 0 Å². The zero-order valence-electron chi connectivity index (χ0n) is 6.79. The molecule has 1 saturated heterocycles. The molecule has 1 aliphatic rings. The van der Waals surface area contributed by atoms with E-state index >= 15 is 0 Å². The third kappa shape index (κ3) is 2.10. The van der Waals surface area contributed by atoms with Crippen LogP contribution in [-0.4, -0.2) is 37.2 Å². The number of nitrogens with one attached hydrogen (secondary N) is 1. The number of esters is 1. The average Bonchev–Trinajstić information content (AvgIpc) is 2.50. The molecule has 0 spiro atoms. The number of carbonyl (C=O) groups is 1. The van der Waals surface area contributed by atoms with E-state index in [1.54, 1.807) is 11.8 Å². The molecule has 0 aromatic heterocycles. The number of hydrogen-bond acceptors (Lipinski definition) is 4. The first-order valence-electron chi connectivity index (χ1n) is 3.62. The van der Waals surface area contributed by atoms with E-state index in [4.69, 9.17) is 0 Å². The van der Waals surface area contributed by atoms with Gasteiger partial charge in [-0.2, -0.15) is 11.8 Å². The van der Waals surface area contributed by atoms with E-state index in [0.717, 1.165) is 13.0 Å². The molecule has 0 radical (unpaired) electrons. The minimum atomic E-state index is -0.137. The van der Waals surface area contributed by atoms with Gasteiger partial charge in [0.15, 0.2) is 0 Å². The molecule has 0 aliphatic carbocycles. The Hall–Kier alpha value is -0.220. The van der Waals surface area contributed by atoms with Crippen molar-refractivity contribution in [2.45, 2.75) is 17.7 Å². The zero-order chi connectivity index (χ0) is 8.27. The van der Waals surface area contributed by atoms with Gasteiger partial charge in [0.2, 0.25) is 0 Å². The van der Waals surface area contributed by atoms with Crippen molar-refractivity contribution < 1.29 is 9.53 Å². The molecule has 3 nitrogen and oxygen atoms in total. The van der Waals surface area contributed by atoms with Crippen LogP contribution in [-0.2, 0) is 9.53 Å². The van der Waals surface area contributed by atoms with E-state index in [-0.39, 0.29) is 12.0 Å². The normalized spacial score (nSPS) is 30.4. The fourth-order valence-corrected chi connectivity index (χ4v) is 1.85. The maximum Gasteiger partial charge on any atom is 0.322 e. The molecule has 2 atom stereocenters. The topological polar surface area (TPSA) is 38.3 Å². The van der Waals surface area contributed by atoms with Crippen LogP contribution in [0.15, 0.2) is 0 Å². The second-order valence-electron chi connectivity index (χ2n) is 2.58. The fourth-order valence-electron chi connectivity index (χ4n) is 1.20. The van der Waals surface area contributed by atoms with Crippen molar-refractivity contribution in [2.24, 2.45) is 0 Å². The van der Waals surface area contributed by atoms with Crippen molar-refractivity contribution in [1.82, 2.24) is 5.32 Å². The molecule has 1 aliphatic heterocycles. The molecule has 0 aromatic rings. The van der Waals surface area contributed by atoms with Crippen molar-refractivity contribution in [1.29, 1.82) is 0 Å². The molecule has 64 valence electrons. The van der Waals surface area contributed by atoms with E-state index in [9.17, 15) is 4.79 Å². The number of ether oxygens (including phenoxy) is 1. The number of carbonyl (C=O) groups excluding carboxylic acids is 1. The number of rotatable bonds is 2. The van der Waals surface area contributed by atoms with Crippen LogP contribution in [0.3, 0.4) is 0 Å². The summed E-state index contributed by atoms with van der Waals surface area (Å²) in [6.07, 6.45) is 2.96. The molecule has 0 unspecified atom stereocenters. The molecule has 1 heterocycles. The molecule has 0 amide bonds. The first-order chi connectivity index (χ1) is 5.27. The van der Waals surface area contributed by atoms with Crippen LogP contribution in [0.5, 0.6) is 0 Å². The summed E-state index contributed by atoms with van der Waals surface area (Å²) in [7, 11) is 1.43. The van der Waals surface area contributed by atoms with Gasteiger partial charge in [0.1, 0.15) is 6.04 Å². The van der Waals surface area contributed by atoms with Gasteiger partial charge < -0.3 is 10.1 Å². The lowest BCUT2D eigenvalue weighted by atomic mass is 10.2. The lowest BCUT2D eigenvalue weighted by Gasteiger charge is -2.05. The highest BCUT2D eigenvalue weighted by Gasteiger charge is 2.29. The van der Waals surface area contributed by atoms with Gasteiger partial charge in [-0.05, 0) is 12.7 Å². The Bertz CT molecular complexity index is 151. The van der Waals surface area contributed by atoms with Gasteiger partial charge in [0.25, 0.3) is 0 Å². The molecule has 4 heteroatoms. The maximum absolute atomic E-state index is 11.0. The Balaban J connectivity index is 2.35. The van der Waals surface area contributed by atoms with Crippen LogP contribution in [0.1, 0.15) is 6.42 Å². The summed E-state index contributed by atoms with van der Waals surface area (Å²) in [5, 5.41) is 3.68. The fraction of sp³-hybridized carbons (Fsp3) is 0.857. The maximum atomic E-state index is 11.0. The molecule has 1 N–H and O–H groups in total. The van der Waals surface area contributed by atoms with Crippen molar-refractivity contribution in [3.05, 3.63) is 0 Å². The smallest absolute Gasteiger partial charge is 0.322 e. The quantitative estimate of drug-likeness (QED) is 0.611. The highest BCUT2D eigenvalue weighted by molar-refractivity contribution is 7.99. The second kappa shape index (κ2) is 3.97. The van der Waals surface area contributed by atoms with Gasteiger partial charge in [-0.15, -0.1) is 0 Å². The van der Waals surface area contributed by atoms with Crippen molar-refractivity contribution in [3.63, 3.8) is 0 Å². The molecule has 0 saturated carbocycles. The number of hydrogen-bond donors (Lipinski definition) is 1. The first-order valence-corrected chi connectivity index (χ1v) is 4.90. The zero-order valence-corrected chi connectivity index (χ0v) is 7.61.